The van der Waals surface area contributed by atoms with Crippen molar-refractivity contribution in [2.24, 2.45) is 0 Å². The molecule has 5 heteroatoms. The first-order valence-electron chi connectivity index (χ1n) is 10.1. The van der Waals surface area contributed by atoms with Gasteiger partial charge in [-0.05, 0) is 43.0 Å². The Bertz CT molecular complexity index is 1130. The van der Waals surface area contributed by atoms with Gasteiger partial charge in [0.1, 0.15) is 0 Å². The molecule has 2 N–H and O–H groups in total. The lowest BCUT2D eigenvalue weighted by atomic mass is 10.1. The van der Waals surface area contributed by atoms with Crippen LogP contribution in [0.5, 0.6) is 0 Å². The molecule has 3 aromatic carbocycles. The van der Waals surface area contributed by atoms with E-state index in [-0.39, 0.29) is 11.7 Å². The zero-order valence-electron chi connectivity index (χ0n) is 17.4. The van der Waals surface area contributed by atoms with Gasteiger partial charge in [0.2, 0.25) is 0 Å². The summed E-state index contributed by atoms with van der Waals surface area (Å²) in [6.07, 6.45) is 1.24. The minimum absolute atomic E-state index is 0.166. The van der Waals surface area contributed by atoms with Crippen LogP contribution >= 0.6 is 11.6 Å². The monoisotopic (exact) mass is 420 g/mol. The molecule has 30 heavy (non-hydrogen) atoms. The number of amides is 1. The van der Waals surface area contributed by atoms with E-state index in [1.165, 1.54) is 0 Å². The molecule has 0 saturated carbocycles. The Kier molecular flexibility index (Phi) is 6.91. The van der Waals surface area contributed by atoms with Crippen LogP contribution in [0.2, 0.25) is 5.02 Å². The first-order valence-corrected chi connectivity index (χ1v) is 10.5. The molecule has 0 saturated heterocycles. The Hall–Kier alpha value is -3.11. The second-order valence-electron chi connectivity index (χ2n) is 6.83. The minimum atomic E-state index is -0.264. The van der Waals surface area contributed by atoms with Crippen molar-refractivity contribution in [2.45, 2.75) is 33.6 Å². The highest BCUT2D eigenvalue weighted by atomic mass is 35.5. The number of benzene rings is 3. The first-order chi connectivity index (χ1) is 14.5. The van der Waals surface area contributed by atoms with Gasteiger partial charge in [0, 0.05) is 34.5 Å². The number of ketones is 1. The van der Waals surface area contributed by atoms with E-state index in [0.29, 0.717) is 23.4 Å². The van der Waals surface area contributed by atoms with Crippen LogP contribution in [0.3, 0.4) is 0 Å². The molecule has 1 aliphatic carbocycles. The summed E-state index contributed by atoms with van der Waals surface area (Å²) in [6, 6.07) is 18.9. The zero-order valence-corrected chi connectivity index (χ0v) is 18.1. The highest BCUT2D eigenvalue weighted by Crippen LogP contribution is 2.28. The van der Waals surface area contributed by atoms with E-state index in [4.69, 9.17) is 11.6 Å². The van der Waals surface area contributed by atoms with E-state index >= 15 is 0 Å². The Morgan fingerprint density at radius 3 is 2.40 bits per heavy atom. The predicted octanol–water partition coefficient (Wildman–Crippen LogP) is 6.82. The normalized spacial score (nSPS) is 13.1. The molecule has 1 amide bonds. The predicted molar refractivity (Wildman–Crippen MR) is 125 cm³/mol. The standard InChI is InChI=1S/C23H19ClN2O2.C2H6/c1-14-20(11-12-22(14)27)25-16-9-10-18(19(24)13-16)23(28)26-21-8-4-6-15-5-2-3-7-17(15)21;1-2/h2-10,13,25H,11-12H2,1H3,(H,26,28);1-2H3. The van der Waals surface area contributed by atoms with Crippen LogP contribution in [0.15, 0.2) is 71.9 Å². The van der Waals surface area contributed by atoms with E-state index < -0.39 is 0 Å². The van der Waals surface area contributed by atoms with Crippen molar-refractivity contribution in [3.8, 4) is 0 Å². The lowest BCUT2D eigenvalue weighted by Gasteiger charge is -2.12. The van der Waals surface area contributed by atoms with Gasteiger partial charge in [0.15, 0.2) is 5.78 Å². The van der Waals surface area contributed by atoms with Crippen molar-refractivity contribution in [2.75, 3.05) is 10.6 Å². The molecule has 4 rings (SSSR count). The number of halogens is 1. The fourth-order valence-electron chi connectivity index (χ4n) is 3.41. The molecular formula is C25H25ClN2O2. The number of carbonyl (C=O) groups excluding carboxylic acids is 2. The van der Waals surface area contributed by atoms with Crippen molar-refractivity contribution < 1.29 is 9.59 Å². The van der Waals surface area contributed by atoms with Crippen molar-refractivity contribution in [3.05, 3.63) is 82.5 Å². The molecule has 4 nitrogen and oxygen atoms in total. The van der Waals surface area contributed by atoms with Crippen molar-refractivity contribution in [1.82, 2.24) is 0 Å². The van der Waals surface area contributed by atoms with E-state index in [1.54, 1.807) is 18.2 Å². The number of carbonyl (C=O) groups is 2. The summed E-state index contributed by atoms with van der Waals surface area (Å²) < 4.78 is 0. The molecule has 0 fully saturated rings. The number of Topliss-reactive ketones (excluding diaryl/α,β-unsaturated/α-hetero) is 1. The zero-order chi connectivity index (χ0) is 21.7. The summed E-state index contributed by atoms with van der Waals surface area (Å²) in [6.45, 7) is 5.82. The molecule has 0 bridgehead atoms. The van der Waals surface area contributed by atoms with Gasteiger partial charge in [0.05, 0.1) is 10.6 Å². The Labute approximate surface area is 181 Å². The Morgan fingerprint density at radius 1 is 0.967 bits per heavy atom. The molecule has 154 valence electrons. The SMILES string of the molecule is CC.CC1=C(Nc2ccc(C(=O)Nc3cccc4ccccc34)c(Cl)c2)CCC1=O. The van der Waals surface area contributed by atoms with Crippen LogP contribution in [-0.4, -0.2) is 11.7 Å². The number of hydrogen-bond acceptors (Lipinski definition) is 3. The molecule has 0 unspecified atom stereocenters. The van der Waals surface area contributed by atoms with Crippen LogP contribution in [0.25, 0.3) is 10.8 Å². The Morgan fingerprint density at radius 2 is 1.70 bits per heavy atom. The van der Waals surface area contributed by atoms with Gasteiger partial charge in [-0.3, -0.25) is 9.59 Å². The van der Waals surface area contributed by atoms with Crippen molar-refractivity contribution in [3.63, 3.8) is 0 Å². The smallest absolute Gasteiger partial charge is 0.257 e. The number of hydrogen-bond donors (Lipinski definition) is 2. The van der Waals surface area contributed by atoms with Gasteiger partial charge < -0.3 is 10.6 Å². The molecule has 0 aromatic heterocycles. The molecule has 0 heterocycles. The first kappa shape index (κ1) is 21.6. The molecule has 1 aliphatic rings. The average Bonchev–Trinajstić information content (AvgIpc) is 3.07. The van der Waals surface area contributed by atoms with Crippen LogP contribution in [0.1, 0.15) is 44.0 Å². The van der Waals surface area contributed by atoms with Gasteiger partial charge >= 0.3 is 0 Å². The van der Waals surface area contributed by atoms with Crippen molar-refractivity contribution in [1.29, 1.82) is 0 Å². The number of fused-ring (bicyclic) bond motifs is 1. The van der Waals surface area contributed by atoms with Crippen LogP contribution in [-0.2, 0) is 4.79 Å². The highest BCUT2D eigenvalue weighted by molar-refractivity contribution is 6.34. The summed E-state index contributed by atoms with van der Waals surface area (Å²) in [5, 5.41) is 8.58. The fraction of sp³-hybridized carbons (Fsp3) is 0.200. The number of anilines is 2. The number of allylic oxidation sites excluding steroid dienone is 2. The van der Waals surface area contributed by atoms with E-state index in [1.807, 2.05) is 63.2 Å². The van der Waals surface area contributed by atoms with E-state index in [2.05, 4.69) is 10.6 Å². The van der Waals surface area contributed by atoms with Crippen LogP contribution < -0.4 is 10.6 Å². The van der Waals surface area contributed by atoms with Crippen molar-refractivity contribution >= 4 is 45.4 Å². The van der Waals surface area contributed by atoms with Gasteiger partial charge in [0.25, 0.3) is 5.91 Å². The summed E-state index contributed by atoms with van der Waals surface area (Å²) >= 11 is 6.38. The quantitative estimate of drug-likeness (QED) is 0.486. The van der Waals surface area contributed by atoms with E-state index in [9.17, 15) is 9.59 Å². The largest absolute Gasteiger partial charge is 0.359 e. The van der Waals surface area contributed by atoms with Crippen LogP contribution in [0.4, 0.5) is 11.4 Å². The summed E-state index contributed by atoms with van der Waals surface area (Å²) in [4.78, 5) is 24.4. The maximum absolute atomic E-state index is 12.8. The molecular weight excluding hydrogens is 396 g/mol. The minimum Gasteiger partial charge on any atom is -0.359 e. The molecule has 0 aliphatic heterocycles. The van der Waals surface area contributed by atoms with Gasteiger partial charge in [-0.15, -0.1) is 0 Å². The summed E-state index contributed by atoms with van der Waals surface area (Å²) in [7, 11) is 0. The highest BCUT2D eigenvalue weighted by Gasteiger charge is 2.19. The third-order valence-electron chi connectivity index (χ3n) is 5.02. The maximum Gasteiger partial charge on any atom is 0.257 e. The second-order valence-corrected chi connectivity index (χ2v) is 7.23. The average molecular weight is 421 g/mol. The molecule has 0 radical (unpaired) electrons. The third kappa shape index (κ3) is 4.55. The molecule has 3 aromatic rings. The molecule has 0 atom stereocenters. The topological polar surface area (TPSA) is 58.2 Å². The van der Waals surface area contributed by atoms with Crippen LogP contribution in [0, 0.1) is 0 Å². The Balaban J connectivity index is 0.00000124. The number of rotatable bonds is 4. The third-order valence-corrected chi connectivity index (χ3v) is 5.33. The van der Waals surface area contributed by atoms with E-state index in [0.717, 1.165) is 33.4 Å². The maximum atomic E-state index is 12.8. The number of nitrogens with one attached hydrogen (secondary N) is 2. The van der Waals surface area contributed by atoms with Gasteiger partial charge in [-0.1, -0.05) is 61.8 Å². The fourth-order valence-corrected chi connectivity index (χ4v) is 3.68. The lowest BCUT2D eigenvalue weighted by Crippen LogP contribution is -2.13. The summed E-state index contributed by atoms with van der Waals surface area (Å²) in [5.41, 5.74) is 3.57. The van der Waals surface area contributed by atoms with Gasteiger partial charge in [-0.2, -0.15) is 0 Å². The second kappa shape index (κ2) is 9.59. The lowest BCUT2D eigenvalue weighted by molar-refractivity contribution is -0.114. The summed E-state index contributed by atoms with van der Waals surface area (Å²) in [5.74, 6) is -0.0981. The van der Waals surface area contributed by atoms with Gasteiger partial charge in [-0.25, -0.2) is 0 Å². The molecule has 0 spiro atoms.